The summed E-state index contributed by atoms with van der Waals surface area (Å²) in [5.41, 5.74) is 0. The molecule has 6 nitrogen and oxygen atoms in total. The predicted molar refractivity (Wildman–Crippen MR) is 113 cm³/mol. The topological polar surface area (TPSA) is 53.8 Å². The smallest absolute Gasteiger partial charge is 0.191 e. The molecule has 0 aromatic carbocycles. The number of hydrogen-bond donors (Lipinski definition) is 2. The fourth-order valence-electron chi connectivity index (χ4n) is 3.25. The second-order valence-corrected chi connectivity index (χ2v) is 8.00. The first-order valence-electron chi connectivity index (χ1n) is 9.77. The molecule has 1 fully saturated rings. The first-order valence-corrected chi connectivity index (χ1v) is 10.6. The van der Waals surface area contributed by atoms with Crippen LogP contribution in [0, 0.1) is 6.92 Å². The molecule has 1 atom stereocenters. The van der Waals surface area contributed by atoms with Gasteiger partial charge >= 0.3 is 0 Å². The highest BCUT2D eigenvalue weighted by atomic mass is 32.1. The molecule has 1 aliphatic rings. The number of ether oxygens (including phenoxy) is 1. The zero-order valence-electron chi connectivity index (χ0n) is 16.4. The molecule has 0 spiro atoms. The van der Waals surface area contributed by atoms with E-state index in [-0.39, 0.29) is 0 Å². The van der Waals surface area contributed by atoms with Gasteiger partial charge in [-0.3, -0.25) is 9.89 Å². The zero-order valence-corrected chi connectivity index (χ0v) is 17.2. The minimum Gasteiger partial charge on any atom is -0.379 e. The third-order valence-electron chi connectivity index (χ3n) is 4.67. The van der Waals surface area contributed by atoms with E-state index in [0.717, 1.165) is 58.4 Å². The second-order valence-electron chi connectivity index (χ2n) is 6.68. The van der Waals surface area contributed by atoms with E-state index in [1.165, 1.54) is 9.75 Å². The van der Waals surface area contributed by atoms with Crippen molar-refractivity contribution in [2.75, 3.05) is 45.9 Å². The highest BCUT2D eigenvalue weighted by Crippen LogP contribution is 2.28. The summed E-state index contributed by atoms with van der Waals surface area (Å²) in [7, 11) is 0. The lowest BCUT2D eigenvalue weighted by atomic mass is 10.2. The van der Waals surface area contributed by atoms with Crippen LogP contribution in [0.15, 0.2) is 41.7 Å². The van der Waals surface area contributed by atoms with Crippen LogP contribution in [0.25, 0.3) is 0 Å². The third-order valence-corrected chi connectivity index (χ3v) is 5.77. The number of nitrogens with one attached hydrogen (secondary N) is 2. The van der Waals surface area contributed by atoms with Crippen molar-refractivity contribution in [1.82, 2.24) is 20.1 Å². The maximum Gasteiger partial charge on any atom is 0.191 e. The van der Waals surface area contributed by atoms with Gasteiger partial charge in [0.25, 0.3) is 0 Å². The summed E-state index contributed by atoms with van der Waals surface area (Å²) in [6.45, 7) is 11.2. The minimum atomic E-state index is 0.313. The first-order chi connectivity index (χ1) is 13.3. The molecular weight excluding hydrogens is 358 g/mol. The van der Waals surface area contributed by atoms with Crippen LogP contribution in [0.4, 0.5) is 0 Å². The fourth-order valence-corrected chi connectivity index (χ4v) is 4.25. The van der Waals surface area contributed by atoms with Gasteiger partial charge in [0.1, 0.15) is 0 Å². The number of rotatable bonds is 8. The van der Waals surface area contributed by atoms with Crippen LogP contribution in [0.5, 0.6) is 0 Å². The van der Waals surface area contributed by atoms with E-state index < -0.39 is 0 Å². The van der Waals surface area contributed by atoms with E-state index in [1.54, 1.807) is 0 Å². The molecule has 148 valence electrons. The summed E-state index contributed by atoms with van der Waals surface area (Å²) < 4.78 is 7.71. The van der Waals surface area contributed by atoms with Crippen molar-refractivity contribution in [1.29, 1.82) is 0 Å². The molecule has 3 heterocycles. The zero-order chi connectivity index (χ0) is 18.9. The van der Waals surface area contributed by atoms with E-state index in [9.17, 15) is 0 Å². The van der Waals surface area contributed by atoms with Crippen molar-refractivity contribution in [2.24, 2.45) is 4.99 Å². The van der Waals surface area contributed by atoms with Gasteiger partial charge in [-0.25, -0.2) is 0 Å². The number of morpholine rings is 1. The van der Waals surface area contributed by atoms with E-state index in [0.29, 0.717) is 6.04 Å². The molecule has 27 heavy (non-hydrogen) atoms. The first kappa shape index (κ1) is 19.9. The van der Waals surface area contributed by atoms with Gasteiger partial charge in [-0.05, 0) is 38.1 Å². The van der Waals surface area contributed by atoms with Crippen molar-refractivity contribution in [3.63, 3.8) is 0 Å². The Bertz CT molecular complexity index is 691. The number of aromatic nitrogens is 1. The van der Waals surface area contributed by atoms with Crippen LogP contribution in [-0.2, 0) is 11.3 Å². The van der Waals surface area contributed by atoms with E-state index >= 15 is 0 Å². The van der Waals surface area contributed by atoms with Crippen molar-refractivity contribution in [3.05, 3.63) is 46.4 Å². The molecule has 1 saturated heterocycles. The summed E-state index contributed by atoms with van der Waals surface area (Å²) in [4.78, 5) is 10.1. The van der Waals surface area contributed by atoms with E-state index in [2.05, 4.69) is 70.6 Å². The number of aliphatic imine (C=N–C) groups is 1. The van der Waals surface area contributed by atoms with Crippen LogP contribution in [0.1, 0.15) is 22.7 Å². The van der Waals surface area contributed by atoms with Crippen molar-refractivity contribution >= 4 is 17.3 Å². The number of aryl methyl sites for hydroxylation is 1. The summed E-state index contributed by atoms with van der Waals surface area (Å²) in [5.74, 6) is 0.885. The highest BCUT2D eigenvalue weighted by molar-refractivity contribution is 7.12. The summed E-state index contributed by atoms with van der Waals surface area (Å²) in [5, 5.41) is 6.82. The summed E-state index contributed by atoms with van der Waals surface area (Å²) >= 11 is 1.87. The van der Waals surface area contributed by atoms with Gasteiger partial charge in [0.05, 0.1) is 25.8 Å². The largest absolute Gasteiger partial charge is 0.379 e. The quantitative estimate of drug-likeness (QED) is 0.538. The van der Waals surface area contributed by atoms with Crippen molar-refractivity contribution in [2.45, 2.75) is 26.4 Å². The van der Waals surface area contributed by atoms with Gasteiger partial charge in [-0.1, -0.05) is 0 Å². The van der Waals surface area contributed by atoms with Crippen LogP contribution < -0.4 is 10.6 Å². The Hall–Kier alpha value is -1.83. The number of hydrogen-bond acceptors (Lipinski definition) is 4. The SMILES string of the molecule is CCNC(=NCC(c1ccc(C)s1)N1CCOCC1)NCCn1cccc1. The minimum absolute atomic E-state index is 0.313. The number of nitrogens with zero attached hydrogens (tertiary/aromatic N) is 3. The Kier molecular flexibility index (Phi) is 7.74. The lowest BCUT2D eigenvalue weighted by molar-refractivity contribution is 0.0186. The average molecular weight is 390 g/mol. The number of guanidine groups is 1. The Labute approximate surface area is 166 Å². The molecule has 0 aliphatic carbocycles. The lowest BCUT2D eigenvalue weighted by Crippen LogP contribution is -2.42. The maximum atomic E-state index is 5.54. The maximum absolute atomic E-state index is 5.54. The van der Waals surface area contributed by atoms with Crippen molar-refractivity contribution < 1.29 is 4.74 Å². The second kappa shape index (κ2) is 10.5. The Balaban J connectivity index is 1.63. The lowest BCUT2D eigenvalue weighted by Gasteiger charge is -2.33. The molecular formula is C20H31N5OS. The van der Waals surface area contributed by atoms with E-state index in [4.69, 9.17) is 9.73 Å². The van der Waals surface area contributed by atoms with Gasteiger partial charge < -0.3 is 19.9 Å². The van der Waals surface area contributed by atoms with E-state index in [1.807, 2.05) is 11.3 Å². The standard InChI is InChI=1S/C20H31N5OS/c1-3-21-20(22-8-11-24-9-4-5-10-24)23-16-18(19-7-6-17(2)27-19)25-12-14-26-15-13-25/h4-7,9-10,18H,3,8,11-16H2,1-2H3,(H2,21,22,23). The monoisotopic (exact) mass is 389 g/mol. The molecule has 2 N–H and O–H groups in total. The average Bonchev–Trinajstić information content (AvgIpc) is 3.35. The van der Waals surface area contributed by atoms with Crippen LogP contribution in [-0.4, -0.2) is 61.4 Å². The number of thiophene rings is 1. The molecule has 0 amide bonds. The normalized spacial score (nSPS) is 17.0. The predicted octanol–water partition coefficient (Wildman–Crippen LogP) is 2.49. The Morgan fingerprint density at radius 1 is 1.22 bits per heavy atom. The van der Waals surface area contributed by atoms with Gasteiger partial charge in [0.2, 0.25) is 0 Å². The molecule has 7 heteroatoms. The van der Waals surface area contributed by atoms with Gasteiger partial charge in [0.15, 0.2) is 5.96 Å². The van der Waals surface area contributed by atoms with Crippen molar-refractivity contribution in [3.8, 4) is 0 Å². The van der Waals surface area contributed by atoms with Crippen LogP contribution in [0.3, 0.4) is 0 Å². The van der Waals surface area contributed by atoms with Crippen LogP contribution >= 0.6 is 11.3 Å². The van der Waals surface area contributed by atoms with Gasteiger partial charge in [-0.2, -0.15) is 0 Å². The molecule has 2 aromatic rings. The van der Waals surface area contributed by atoms with Gasteiger partial charge in [-0.15, -0.1) is 11.3 Å². The molecule has 0 bridgehead atoms. The Morgan fingerprint density at radius 3 is 2.67 bits per heavy atom. The third kappa shape index (κ3) is 6.09. The molecule has 2 aromatic heterocycles. The molecule has 0 saturated carbocycles. The molecule has 0 radical (unpaired) electrons. The van der Waals surface area contributed by atoms with Crippen LogP contribution in [0.2, 0.25) is 0 Å². The molecule has 1 aliphatic heterocycles. The highest BCUT2D eigenvalue weighted by Gasteiger charge is 2.23. The fraction of sp³-hybridized carbons (Fsp3) is 0.550. The molecule has 1 unspecified atom stereocenters. The Morgan fingerprint density at radius 2 is 2.00 bits per heavy atom. The molecule has 3 rings (SSSR count). The summed E-state index contributed by atoms with van der Waals surface area (Å²) in [6, 6.07) is 8.87. The van der Waals surface area contributed by atoms with Gasteiger partial charge in [0, 0.05) is 54.9 Å². The summed E-state index contributed by atoms with van der Waals surface area (Å²) in [6.07, 6.45) is 4.17.